The average molecular weight is 415 g/mol. The lowest BCUT2D eigenvalue weighted by molar-refractivity contribution is -0.110. The number of rotatable bonds is 7. The SMILES string of the molecule is C.CCN(CC)CCNC(=O)c1c(C)[nH]c(/C=C2\C(=O)Nc3ccc(F)cc32)c1C. The summed E-state index contributed by atoms with van der Waals surface area (Å²) >= 11 is 0. The lowest BCUT2D eigenvalue weighted by Crippen LogP contribution is -2.35. The number of hydrogen-bond donors (Lipinski definition) is 3. The summed E-state index contributed by atoms with van der Waals surface area (Å²) in [6.45, 7) is 11.1. The molecule has 0 unspecified atom stereocenters. The summed E-state index contributed by atoms with van der Waals surface area (Å²) in [5.41, 5.74) is 4.20. The predicted molar refractivity (Wildman–Crippen MR) is 120 cm³/mol. The molecule has 7 heteroatoms. The monoisotopic (exact) mass is 414 g/mol. The lowest BCUT2D eigenvalue weighted by Gasteiger charge is -2.18. The van der Waals surface area contributed by atoms with Gasteiger partial charge in [0.25, 0.3) is 11.8 Å². The summed E-state index contributed by atoms with van der Waals surface area (Å²) in [5.74, 6) is -0.836. The number of nitrogens with zero attached hydrogens (tertiary/aromatic N) is 1. The number of H-pyrrole nitrogens is 1. The molecule has 1 aromatic carbocycles. The van der Waals surface area contributed by atoms with Crippen molar-refractivity contribution in [2.75, 3.05) is 31.5 Å². The number of benzene rings is 1. The van der Waals surface area contributed by atoms with E-state index < -0.39 is 5.82 Å². The molecule has 0 atom stereocenters. The molecular weight excluding hydrogens is 383 g/mol. The minimum atomic E-state index is -0.404. The second-order valence-corrected chi connectivity index (χ2v) is 7.15. The van der Waals surface area contributed by atoms with E-state index in [1.807, 2.05) is 13.8 Å². The van der Waals surface area contributed by atoms with Gasteiger partial charge in [-0.25, -0.2) is 4.39 Å². The van der Waals surface area contributed by atoms with Gasteiger partial charge in [-0.3, -0.25) is 9.59 Å². The number of anilines is 1. The molecule has 1 aliphatic rings. The molecule has 1 aromatic heterocycles. The number of hydrogen-bond acceptors (Lipinski definition) is 3. The van der Waals surface area contributed by atoms with Crippen LogP contribution in [0.3, 0.4) is 0 Å². The van der Waals surface area contributed by atoms with Crippen LogP contribution in [-0.2, 0) is 4.79 Å². The van der Waals surface area contributed by atoms with Gasteiger partial charge in [-0.1, -0.05) is 21.3 Å². The number of amides is 2. The maximum atomic E-state index is 13.7. The van der Waals surface area contributed by atoms with Crippen molar-refractivity contribution in [2.24, 2.45) is 0 Å². The molecule has 1 aliphatic heterocycles. The zero-order valence-corrected chi connectivity index (χ0v) is 17.3. The molecule has 30 heavy (non-hydrogen) atoms. The first-order valence-electron chi connectivity index (χ1n) is 9.88. The van der Waals surface area contributed by atoms with Gasteiger partial charge in [0.15, 0.2) is 0 Å². The first-order chi connectivity index (χ1) is 13.8. The zero-order chi connectivity index (χ0) is 21.1. The standard InChI is InChI=1S/C22H27FN4O2.CH4/c1-5-27(6-2)10-9-24-22(29)20-13(3)19(25-14(20)4)12-17-16-11-15(23)7-8-18(16)26-21(17)28;/h7-8,11-12,25H,5-6,9-10H2,1-4H3,(H,24,29)(H,26,28);1H4/b17-12-;. The van der Waals surface area contributed by atoms with E-state index in [0.717, 1.165) is 30.9 Å². The van der Waals surface area contributed by atoms with Gasteiger partial charge in [0.05, 0.1) is 11.1 Å². The highest BCUT2D eigenvalue weighted by molar-refractivity contribution is 6.34. The van der Waals surface area contributed by atoms with Crippen LogP contribution in [0.2, 0.25) is 0 Å². The molecule has 0 aliphatic carbocycles. The number of aromatic nitrogens is 1. The molecule has 0 bridgehead atoms. The van der Waals surface area contributed by atoms with Crippen LogP contribution >= 0.6 is 0 Å². The van der Waals surface area contributed by atoms with E-state index in [4.69, 9.17) is 0 Å². The van der Waals surface area contributed by atoms with Crippen LogP contribution in [-0.4, -0.2) is 47.9 Å². The number of carbonyl (C=O) groups excluding carboxylic acids is 2. The highest BCUT2D eigenvalue weighted by Crippen LogP contribution is 2.34. The van der Waals surface area contributed by atoms with Gasteiger partial charge in [0, 0.05) is 35.7 Å². The Hall–Kier alpha value is -2.93. The van der Waals surface area contributed by atoms with Crippen molar-refractivity contribution in [1.82, 2.24) is 15.2 Å². The van der Waals surface area contributed by atoms with Gasteiger partial charge in [0.2, 0.25) is 0 Å². The van der Waals surface area contributed by atoms with Crippen LogP contribution in [0, 0.1) is 19.7 Å². The Labute approximate surface area is 177 Å². The minimum Gasteiger partial charge on any atom is -0.358 e. The van der Waals surface area contributed by atoms with Crippen LogP contribution in [0.1, 0.15) is 54.1 Å². The van der Waals surface area contributed by atoms with Gasteiger partial charge in [-0.2, -0.15) is 0 Å². The van der Waals surface area contributed by atoms with Crippen molar-refractivity contribution in [3.05, 3.63) is 52.1 Å². The fraction of sp³-hybridized carbons (Fsp3) is 0.391. The van der Waals surface area contributed by atoms with E-state index in [2.05, 4.69) is 34.4 Å². The number of carbonyl (C=O) groups is 2. The van der Waals surface area contributed by atoms with Gasteiger partial charge in [0.1, 0.15) is 5.82 Å². The van der Waals surface area contributed by atoms with E-state index in [0.29, 0.717) is 34.6 Å². The van der Waals surface area contributed by atoms with Crippen molar-refractivity contribution in [3.8, 4) is 0 Å². The minimum absolute atomic E-state index is 0. The normalized spacial score (nSPS) is 13.9. The van der Waals surface area contributed by atoms with E-state index in [9.17, 15) is 14.0 Å². The lowest BCUT2D eigenvalue weighted by atomic mass is 10.0. The molecule has 0 saturated carbocycles. The van der Waals surface area contributed by atoms with E-state index in [1.165, 1.54) is 12.1 Å². The predicted octanol–water partition coefficient (Wildman–Crippen LogP) is 3.97. The quantitative estimate of drug-likeness (QED) is 0.600. The molecule has 0 saturated heterocycles. The van der Waals surface area contributed by atoms with Crippen molar-refractivity contribution in [1.29, 1.82) is 0 Å². The summed E-state index contributed by atoms with van der Waals surface area (Å²) < 4.78 is 13.7. The maximum absolute atomic E-state index is 13.7. The first-order valence-corrected chi connectivity index (χ1v) is 9.88. The summed E-state index contributed by atoms with van der Waals surface area (Å²) in [6.07, 6.45) is 1.68. The molecular formula is C23H31FN4O2. The van der Waals surface area contributed by atoms with Gasteiger partial charge < -0.3 is 20.5 Å². The highest BCUT2D eigenvalue weighted by Gasteiger charge is 2.26. The maximum Gasteiger partial charge on any atom is 0.256 e. The van der Waals surface area contributed by atoms with Crippen LogP contribution in [0.4, 0.5) is 10.1 Å². The molecule has 0 spiro atoms. The molecule has 2 heterocycles. The van der Waals surface area contributed by atoms with Crippen molar-refractivity contribution in [2.45, 2.75) is 35.1 Å². The highest BCUT2D eigenvalue weighted by atomic mass is 19.1. The number of likely N-dealkylation sites (N-methyl/N-ethyl adjacent to an activating group) is 1. The van der Waals surface area contributed by atoms with Gasteiger partial charge in [-0.15, -0.1) is 0 Å². The summed E-state index contributed by atoms with van der Waals surface area (Å²) in [5, 5.41) is 5.70. The molecule has 0 radical (unpaired) electrons. The number of halogens is 1. The number of nitrogens with one attached hydrogen (secondary N) is 3. The van der Waals surface area contributed by atoms with E-state index in [-0.39, 0.29) is 19.2 Å². The van der Waals surface area contributed by atoms with E-state index in [1.54, 1.807) is 12.1 Å². The van der Waals surface area contributed by atoms with Crippen molar-refractivity contribution < 1.29 is 14.0 Å². The van der Waals surface area contributed by atoms with Gasteiger partial charge >= 0.3 is 0 Å². The Morgan fingerprint density at radius 3 is 2.60 bits per heavy atom. The third-order valence-electron chi connectivity index (χ3n) is 5.36. The molecule has 2 aromatic rings. The molecule has 162 valence electrons. The third-order valence-corrected chi connectivity index (χ3v) is 5.36. The molecule has 6 nitrogen and oxygen atoms in total. The van der Waals surface area contributed by atoms with Crippen molar-refractivity contribution >= 4 is 29.2 Å². The number of fused-ring (bicyclic) bond motifs is 1. The molecule has 0 fully saturated rings. The summed E-state index contributed by atoms with van der Waals surface area (Å²) in [7, 11) is 0. The van der Waals surface area contributed by atoms with E-state index >= 15 is 0 Å². The van der Waals surface area contributed by atoms with Crippen LogP contribution in [0.5, 0.6) is 0 Å². The molecule has 3 rings (SSSR count). The summed E-state index contributed by atoms with van der Waals surface area (Å²) in [6, 6.07) is 4.20. The Bertz CT molecular complexity index is 974. The van der Waals surface area contributed by atoms with Crippen LogP contribution in [0.25, 0.3) is 11.6 Å². The third kappa shape index (κ3) is 4.62. The molecule has 2 amide bonds. The Morgan fingerprint density at radius 2 is 1.93 bits per heavy atom. The Kier molecular flexibility index (Phi) is 7.56. The summed E-state index contributed by atoms with van der Waals surface area (Å²) in [4.78, 5) is 30.5. The topological polar surface area (TPSA) is 77.2 Å². The van der Waals surface area contributed by atoms with Crippen molar-refractivity contribution in [3.63, 3.8) is 0 Å². The first kappa shape index (κ1) is 23.3. The molecule has 3 N–H and O–H groups in total. The Balaban J connectivity index is 0.00000320. The van der Waals surface area contributed by atoms with Crippen LogP contribution in [0.15, 0.2) is 18.2 Å². The number of aromatic amines is 1. The second-order valence-electron chi connectivity index (χ2n) is 7.15. The largest absolute Gasteiger partial charge is 0.358 e. The number of aryl methyl sites for hydroxylation is 1. The Morgan fingerprint density at radius 1 is 1.23 bits per heavy atom. The second kappa shape index (κ2) is 9.71. The fourth-order valence-electron chi connectivity index (χ4n) is 3.66. The fourth-order valence-corrected chi connectivity index (χ4v) is 3.66. The van der Waals surface area contributed by atoms with Gasteiger partial charge in [-0.05, 0) is 56.8 Å². The average Bonchev–Trinajstić information content (AvgIpc) is 3.14. The zero-order valence-electron chi connectivity index (χ0n) is 17.3. The smallest absolute Gasteiger partial charge is 0.256 e. The van der Waals surface area contributed by atoms with Crippen LogP contribution < -0.4 is 10.6 Å².